The Hall–Kier alpha value is -0.830. The molecule has 0 spiro atoms. The molecule has 2 atom stereocenters. The van der Waals surface area contributed by atoms with Gasteiger partial charge in [-0.15, -0.1) is 0 Å². The molecular formula is C18H18BrClO. The van der Waals surface area contributed by atoms with E-state index in [2.05, 4.69) is 40.2 Å². The van der Waals surface area contributed by atoms with Crippen LogP contribution < -0.4 is 0 Å². The smallest absolute Gasteiger partial charge is 0.0944 e. The number of alkyl halides is 1. The Kier molecular flexibility index (Phi) is 4.99. The van der Waals surface area contributed by atoms with Gasteiger partial charge in [0.1, 0.15) is 0 Å². The van der Waals surface area contributed by atoms with Crippen molar-refractivity contribution in [1.29, 1.82) is 0 Å². The van der Waals surface area contributed by atoms with Crippen LogP contribution in [0.1, 0.15) is 41.7 Å². The Morgan fingerprint density at radius 1 is 1.14 bits per heavy atom. The first-order valence-corrected chi connectivity index (χ1v) is 8.83. The fourth-order valence-corrected chi connectivity index (χ4v) is 3.74. The van der Waals surface area contributed by atoms with E-state index in [-0.39, 0.29) is 12.2 Å². The Labute approximate surface area is 139 Å². The maximum absolute atomic E-state index is 6.40. The molecule has 3 rings (SSSR count). The molecule has 0 heterocycles. The van der Waals surface area contributed by atoms with Crippen molar-refractivity contribution < 1.29 is 4.74 Å². The lowest BCUT2D eigenvalue weighted by atomic mass is 9.89. The van der Waals surface area contributed by atoms with E-state index >= 15 is 0 Å². The largest absolute Gasteiger partial charge is 0.365 e. The van der Waals surface area contributed by atoms with Crippen LogP contribution in [0, 0.1) is 0 Å². The quantitative estimate of drug-likeness (QED) is 0.616. The van der Waals surface area contributed by atoms with Crippen molar-refractivity contribution in [3.05, 3.63) is 70.2 Å². The number of rotatable bonds is 4. The Morgan fingerprint density at radius 3 is 2.71 bits per heavy atom. The Balaban J connectivity index is 1.84. The number of ether oxygens (including phenoxy) is 1. The van der Waals surface area contributed by atoms with E-state index in [1.165, 1.54) is 17.5 Å². The second kappa shape index (κ2) is 6.95. The fraction of sp³-hybridized carbons (Fsp3) is 0.333. The molecule has 110 valence electrons. The lowest BCUT2D eigenvalue weighted by Gasteiger charge is -2.29. The van der Waals surface area contributed by atoms with Crippen LogP contribution in [0.15, 0.2) is 48.5 Å². The highest BCUT2D eigenvalue weighted by Gasteiger charge is 2.25. The summed E-state index contributed by atoms with van der Waals surface area (Å²) in [6.07, 6.45) is 3.55. The summed E-state index contributed by atoms with van der Waals surface area (Å²) < 4.78 is 6.40. The van der Waals surface area contributed by atoms with Gasteiger partial charge in [-0.25, -0.2) is 0 Å². The molecule has 0 saturated heterocycles. The predicted octanol–water partition coefficient (Wildman–Crippen LogP) is 5.87. The summed E-state index contributed by atoms with van der Waals surface area (Å²) in [5.74, 6) is 0. The zero-order valence-corrected chi connectivity index (χ0v) is 14.1. The Bertz CT molecular complexity index is 614. The highest BCUT2D eigenvalue weighted by Crippen LogP contribution is 2.38. The first kappa shape index (κ1) is 15.1. The molecular weight excluding hydrogens is 348 g/mol. The number of hydrogen-bond donors (Lipinski definition) is 0. The molecule has 0 bridgehead atoms. The van der Waals surface area contributed by atoms with Crippen molar-refractivity contribution in [2.45, 2.75) is 31.5 Å². The summed E-state index contributed by atoms with van der Waals surface area (Å²) >= 11 is 9.88. The van der Waals surface area contributed by atoms with Crippen LogP contribution in [0.3, 0.4) is 0 Å². The van der Waals surface area contributed by atoms with Gasteiger partial charge < -0.3 is 4.74 Å². The third-order valence-electron chi connectivity index (χ3n) is 4.04. The molecule has 2 aromatic carbocycles. The number of benzene rings is 2. The average Bonchev–Trinajstić information content (AvgIpc) is 2.53. The normalized spacial score (nSPS) is 19.0. The molecule has 2 aromatic rings. The molecule has 0 aromatic heterocycles. The molecule has 21 heavy (non-hydrogen) atoms. The minimum absolute atomic E-state index is 0.0187. The third-order valence-corrected chi connectivity index (χ3v) is 4.97. The topological polar surface area (TPSA) is 9.23 Å². The summed E-state index contributed by atoms with van der Waals surface area (Å²) in [6.45, 7) is 0. The number of fused-ring (bicyclic) bond motifs is 1. The summed E-state index contributed by atoms with van der Waals surface area (Å²) in [5, 5.41) is 1.51. The average molecular weight is 366 g/mol. The van der Waals surface area contributed by atoms with E-state index < -0.39 is 0 Å². The van der Waals surface area contributed by atoms with Crippen LogP contribution in [0.4, 0.5) is 0 Å². The molecule has 0 N–H and O–H groups in total. The van der Waals surface area contributed by atoms with E-state index in [0.717, 1.165) is 28.8 Å². The van der Waals surface area contributed by atoms with Gasteiger partial charge >= 0.3 is 0 Å². The predicted molar refractivity (Wildman–Crippen MR) is 91.2 cm³/mol. The highest BCUT2D eigenvalue weighted by molar-refractivity contribution is 9.09. The van der Waals surface area contributed by atoms with Crippen LogP contribution >= 0.6 is 27.5 Å². The second-order valence-corrected chi connectivity index (χ2v) is 6.43. The highest BCUT2D eigenvalue weighted by atomic mass is 79.9. The van der Waals surface area contributed by atoms with Gasteiger partial charge in [0, 0.05) is 15.9 Å². The molecule has 3 heteroatoms. The monoisotopic (exact) mass is 364 g/mol. The van der Waals surface area contributed by atoms with Crippen molar-refractivity contribution in [2.24, 2.45) is 0 Å². The maximum Gasteiger partial charge on any atom is 0.0944 e. The summed E-state index contributed by atoms with van der Waals surface area (Å²) in [7, 11) is 0. The minimum atomic E-state index is -0.0187. The molecule has 1 nitrogen and oxygen atoms in total. The molecule has 0 radical (unpaired) electrons. The van der Waals surface area contributed by atoms with Gasteiger partial charge in [-0.05, 0) is 36.5 Å². The molecule has 0 amide bonds. The standard InChI is InChI=1S/C18H18BrClO/c19-12-18(15-9-3-4-10-16(15)20)21-17-11-5-7-13-6-1-2-8-14(13)17/h1-4,6,8-10,17-18H,5,7,11-12H2. The van der Waals surface area contributed by atoms with Crippen LogP contribution in [0.25, 0.3) is 0 Å². The van der Waals surface area contributed by atoms with Crippen LogP contribution in [-0.2, 0) is 11.2 Å². The van der Waals surface area contributed by atoms with Crippen molar-refractivity contribution in [1.82, 2.24) is 0 Å². The second-order valence-electron chi connectivity index (χ2n) is 5.38. The van der Waals surface area contributed by atoms with Crippen molar-refractivity contribution >= 4 is 27.5 Å². The zero-order chi connectivity index (χ0) is 14.7. The third kappa shape index (κ3) is 3.33. The number of hydrogen-bond acceptors (Lipinski definition) is 1. The lowest BCUT2D eigenvalue weighted by molar-refractivity contribution is -0.0109. The van der Waals surface area contributed by atoms with Gasteiger partial charge in [0.15, 0.2) is 0 Å². The molecule has 1 aliphatic rings. The van der Waals surface area contributed by atoms with Crippen LogP contribution in [0.2, 0.25) is 5.02 Å². The maximum atomic E-state index is 6.40. The summed E-state index contributed by atoms with van der Waals surface area (Å²) in [5.41, 5.74) is 3.81. The first-order chi connectivity index (χ1) is 10.3. The fourth-order valence-electron chi connectivity index (χ4n) is 2.98. The van der Waals surface area contributed by atoms with Crippen molar-refractivity contribution in [3.8, 4) is 0 Å². The van der Waals surface area contributed by atoms with Gasteiger partial charge in [-0.1, -0.05) is 70.0 Å². The lowest BCUT2D eigenvalue weighted by Crippen LogP contribution is -2.17. The first-order valence-electron chi connectivity index (χ1n) is 7.33. The Morgan fingerprint density at radius 2 is 1.90 bits per heavy atom. The van der Waals surface area contributed by atoms with Gasteiger partial charge in [0.2, 0.25) is 0 Å². The number of halogens is 2. The SMILES string of the molecule is Clc1ccccc1C(CBr)OC1CCCc2ccccc21. The summed E-state index contributed by atoms with van der Waals surface area (Å²) in [4.78, 5) is 0. The van der Waals surface area contributed by atoms with E-state index in [0.29, 0.717) is 0 Å². The minimum Gasteiger partial charge on any atom is -0.365 e. The van der Waals surface area contributed by atoms with Gasteiger partial charge in [-0.3, -0.25) is 0 Å². The molecule has 2 unspecified atom stereocenters. The van der Waals surface area contributed by atoms with Gasteiger partial charge in [-0.2, -0.15) is 0 Å². The summed E-state index contributed by atoms with van der Waals surface area (Å²) in [6, 6.07) is 16.5. The molecule has 0 aliphatic heterocycles. The molecule has 0 fully saturated rings. The van der Waals surface area contributed by atoms with Crippen LogP contribution in [0.5, 0.6) is 0 Å². The van der Waals surface area contributed by atoms with Gasteiger partial charge in [0.05, 0.1) is 12.2 Å². The zero-order valence-electron chi connectivity index (χ0n) is 11.8. The van der Waals surface area contributed by atoms with E-state index in [4.69, 9.17) is 16.3 Å². The van der Waals surface area contributed by atoms with E-state index in [1.807, 2.05) is 24.3 Å². The van der Waals surface area contributed by atoms with Crippen molar-refractivity contribution in [3.63, 3.8) is 0 Å². The molecule has 0 saturated carbocycles. The van der Waals surface area contributed by atoms with Crippen LogP contribution in [-0.4, -0.2) is 5.33 Å². The van der Waals surface area contributed by atoms with E-state index in [9.17, 15) is 0 Å². The van der Waals surface area contributed by atoms with Gasteiger partial charge in [0.25, 0.3) is 0 Å². The number of aryl methyl sites for hydroxylation is 1. The molecule has 1 aliphatic carbocycles. The van der Waals surface area contributed by atoms with E-state index in [1.54, 1.807) is 0 Å². The van der Waals surface area contributed by atoms with Crippen molar-refractivity contribution in [2.75, 3.05) is 5.33 Å².